The molecule has 0 amide bonds. The average Bonchev–Trinajstić information content (AvgIpc) is 2.91. The molecule has 1 unspecified atom stereocenters. The minimum absolute atomic E-state index is 0.158. The molecule has 1 aromatic carbocycles. The molecule has 20 heavy (non-hydrogen) atoms. The second-order valence-electron chi connectivity index (χ2n) is 5.92. The van der Waals surface area contributed by atoms with Crippen LogP contribution in [0.2, 0.25) is 0 Å². The van der Waals surface area contributed by atoms with Crippen LogP contribution in [0.4, 0.5) is 10.1 Å². The molecule has 0 radical (unpaired) electrons. The van der Waals surface area contributed by atoms with E-state index in [9.17, 15) is 4.39 Å². The van der Waals surface area contributed by atoms with Crippen molar-refractivity contribution in [1.29, 1.82) is 0 Å². The summed E-state index contributed by atoms with van der Waals surface area (Å²) in [6, 6.07) is 3.34. The van der Waals surface area contributed by atoms with Gasteiger partial charge < -0.3 is 15.5 Å². The molecule has 2 rings (SSSR count). The van der Waals surface area contributed by atoms with Crippen LogP contribution in [0.3, 0.4) is 0 Å². The molecule has 1 fully saturated rings. The molecule has 2 N–H and O–H groups in total. The van der Waals surface area contributed by atoms with E-state index in [0.29, 0.717) is 5.56 Å². The number of anilines is 1. The van der Waals surface area contributed by atoms with Gasteiger partial charge in [-0.2, -0.15) is 0 Å². The van der Waals surface area contributed by atoms with E-state index in [4.69, 9.17) is 5.73 Å². The number of likely N-dealkylation sites (N-methyl/N-ethyl adjacent to an activating group) is 1. The molecule has 3 nitrogen and oxygen atoms in total. The zero-order chi connectivity index (χ0) is 14.7. The second kappa shape index (κ2) is 6.55. The van der Waals surface area contributed by atoms with E-state index in [0.717, 1.165) is 24.3 Å². The third-order valence-electron chi connectivity index (χ3n) is 4.16. The van der Waals surface area contributed by atoms with Gasteiger partial charge in [-0.05, 0) is 63.0 Å². The number of hydrogen-bond acceptors (Lipinski definition) is 3. The molecule has 1 aromatic rings. The van der Waals surface area contributed by atoms with Gasteiger partial charge in [0, 0.05) is 31.9 Å². The normalized spacial score (nSPS) is 17.4. The number of rotatable bonds is 5. The lowest BCUT2D eigenvalue weighted by Gasteiger charge is -2.27. The Bertz CT molecular complexity index is 453. The molecule has 0 aliphatic carbocycles. The number of nitrogens with zero attached hydrogens (tertiary/aromatic N) is 2. The van der Waals surface area contributed by atoms with Gasteiger partial charge in [0.2, 0.25) is 0 Å². The summed E-state index contributed by atoms with van der Waals surface area (Å²) in [4.78, 5) is 4.68. The molecule has 1 saturated heterocycles. The van der Waals surface area contributed by atoms with Crippen LogP contribution in [-0.2, 0) is 0 Å². The Kier molecular flexibility index (Phi) is 5.00. The first-order valence-corrected chi connectivity index (χ1v) is 7.48. The highest BCUT2D eigenvalue weighted by Gasteiger charge is 2.16. The molecular weight excluding hydrogens is 253 g/mol. The van der Waals surface area contributed by atoms with E-state index in [-0.39, 0.29) is 11.9 Å². The summed E-state index contributed by atoms with van der Waals surface area (Å²) in [6.07, 6.45) is 2.62. The zero-order valence-corrected chi connectivity index (χ0v) is 12.8. The molecule has 0 spiro atoms. The Balaban J connectivity index is 2.10. The largest absolute Gasteiger partial charge is 0.373 e. The van der Waals surface area contributed by atoms with Gasteiger partial charge in [0.1, 0.15) is 5.82 Å². The van der Waals surface area contributed by atoms with Gasteiger partial charge in [-0.1, -0.05) is 0 Å². The Morgan fingerprint density at radius 1 is 1.35 bits per heavy atom. The van der Waals surface area contributed by atoms with Crippen molar-refractivity contribution in [2.45, 2.75) is 32.7 Å². The Morgan fingerprint density at radius 2 is 2.00 bits per heavy atom. The van der Waals surface area contributed by atoms with E-state index in [1.165, 1.54) is 25.9 Å². The predicted molar refractivity (Wildman–Crippen MR) is 82.7 cm³/mol. The minimum Gasteiger partial charge on any atom is -0.373 e. The van der Waals surface area contributed by atoms with Crippen molar-refractivity contribution in [3.8, 4) is 0 Å². The van der Waals surface area contributed by atoms with Crippen LogP contribution < -0.4 is 10.6 Å². The van der Waals surface area contributed by atoms with Crippen LogP contribution in [0.25, 0.3) is 0 Å². The standard InChI is InChI=1S/C16H26FN3/c1-12-10-16(14(13(2)18)11-15(12)17)19(3)8-9-20-6-4-5-7-20/h10-11,13H,4-9,18H2,1-3H3. The summed E-state index contributed by atoms with van der Waals surface area (Å²) < 4.78 is 13.7. The molecule has 1 heterocycles. The van der Waals surface area contributed by atoms with Crippen LogP contribution in [-0.4, -0.2) is 38.1 Å². The van der Waals surface area contributed by atoms with Gasteiger partial charge in [0.15, 0.2) is 0 Å². The van der Waals surface area contributed by atoms with E-state index in [1.807, 2.05) is 13.0 Å². The SMILES string of the molecule is Cc1cc(N(C)CCN2CCCC2)c(C(C)N)cc1F. The van der Waals surface area contributed by atoms with E-state index >= 15 is 0 Å². The maximum Gasteiger partial charge on any atom is 0.126 e. The number of hydrogen-bond donors (Lipinski definition) is 1. The van der Waals surface area contributed by atoms with Gasteiger partial charge in [0.05, 0.1) is 0 Å². The van der Waals surface area contributed by atoms with Crippen LogP contribution in [0.1, 0.15) is 36.9 Å². The number of benzene rings is 1. The number of nitrogens with two attached hydrogens (primary N) is 1. The highest BCUT2D eigenvalue weighted by molar-refractivity contribution is 5.56. The maximum atomic E-state index is 13.7. The molecule has 1 aliphatic rings. The fourth-order valence-electron chi connectivity index (χ4n) is 2.80. The summed E-state index contributed by atoms with van der Waals surface area (Å²) in [5.41, 5.74) is 8.60. The summed E-state index contributed by atoms with van der Waals surface area (Å²) in [6.45, 7) is 8.13. The summed E-state index contributed by atoms with van der Waals surface area (Å²) in [5, 5.41) is 0. The maximum absolute atomic E-state index is 13.7. The molecule has 0 saturated carbocycles. The van der Waals surface area contributed by atoms with Gasteiger partial charge in [-0.25, -0.2) is 4.39 Å². The lowest BCUT2D eigenvalue weighted by atomic mass is 10.0. The van der Waals surface area contributed by atoms with E-state index in [1.54, 1.807) is 13.0 Å². The summed E-state index contributed by atoms with van der Waals surface area (Å²) in [5.74, 6) is -0.172. The van der Waals surface area contributed by atoms with Crippen molar-refractivity contribution in [3.63, 3.8) is 0 Å². The molecular formula is C16H26FN3. The van der Waals surface area contributed by atoms with E-state index in [2.05, 4.69) is 16.8 Å². The van der Waals surface area contributed by atoms with Crippen LogP contribution in [0.5, 0.6) is 0 Å². The quantitative estimate of drug-likeness (QED) is 0.899. The fourth-order valence-corrected chi connectivity index (χ4v) is 2.80. The van der Waals surface area contributed by atoms with Gasteiger partial charge >= 0.3 is 0 Å². The second-order valence-corrected chi connectivity index (χ2v) is 5.92. The monoisotopic (exact) mass is 279 g/mol. The van der Waals surface area contributed by atoms with Crippen molar-refractivity contribution >= 4 is 5.69 Å². The first-order valence-electron chi connectivity index (χ1n) is 7.48. The third-order valence-corrected chi connectivity index (χ3v) is 4.16. The summed E-state index contributed by atoms with van der Waals surface area (Å²) >= 11 is 0. The number of likely N-dealkylation sites (tertiary alicyclic amines) is 1. The predicted octanol–water partition coefficient (Wildman–Crippen LogP) is 2.69. The molecule has 0 bridgehead atoms. The fraction of sp³-hybridized carbons (Fsp3) is 0.625. The van der Waals surface area contributed by atoms with Crippen LogP contribution >= 0.6 is 0 Å². The van der Waals surface area contributed by atoms with E-state index < -0.39 is 0 Å². The Labute approximate surface area is 121 Å². The highest BCUT2D eigenvalue weighted by Crippen LogP contribution is 2.27. The van der Waals surface area contributed by atoms with Crippen molar-refractivity contribution in [2.24, 2.45) is 5.73 Å². The minimum atomic E-state index is -0.172. The molecule has 1 atom stereocenters. The zero-order valence-electron chi connectivity index (χ0n) is 12.8. The van der Waals surface area contributed by atoms with Gasteiger partial charge in [0.25, 0.3) is 0 Å². The lowest BCUT2D eigenvalue weighted by Crippen LogP contribution is -2.32. The highest BCUT2D eigenvalue weighted by atomic mass is 19.1. The van der Waals surface area contributed by atoms with Crippen molar-refractivity contribution in [1.82, 2.24) is 4.90 Å². The first-order chi connectivity index (χ1) is 9.49. The first kappa shape index (κ1) is 15.3. The third kappa shape index (κ3) is 3.49. The average molecular weight is 279 g/mol. The molecule has 112 valence electrons. The van der Waals surface area contributed by atoms with Crippen LogP contribution in [0, 0.1) is 12.7 Å². The molecule has 0 aromatic heterocycles. The number of halogens is 1. The van der Waals surface area contributed by atoms with Crippen molar-refractivity contribution in [3.05, 3.63) is 29.1 Å². The Morgan fingerprint density at radius 3 is 2.60 bits per heavy atom. The van der Waals surface area contributed by atoms with Gasteiger partial charge in [-0.3, -0.25) is 0 Å². The van der Waals surface area contributed by atoms with Gasteiger partial charge in [-0.15, -0.1) is 0 Å². The molecule has 1 aliphatic heterocycles. The van der Waals surface area contributed by atoms with Crippen LogP contribution in [0.15, 0.2) is 12.1 Å². The smallest absolute Gasteiger partial charge is 0.126 e. The van der Waals surface area contributed by atoms with Crippen molar-refractivity contribution in [2.75, 3.05) is 38.1 Å². The molecule has 4 heteroatoms. The summed E-state index contributed by atoms with van der Waals surface area (Å²) in [7, 11) is 2.06. The van der Waals surface area contributed by atoms with Crippen molar-refractivity contribution < 1.29 is 4.39 Å². The lowest BCUT2D eigenvalue weighted by molar-refractivity contribution is 0.346. The number of aryl methyl sites for hydroxylation is 1. The topological polar surface area (TPSA) is 32.5 Å². The Hall–Kier alpha value is -1.13.